The minimum Gasteiger partial charge on any atom is -0.384 e. The van der Waals surface area contributed by atoms with Crippen molar-refractivity contribution in [1.29, 1.82) is 0 Å². The van der Waals surface area contributed by atoms with Crippen LogP contribution in [0.25, 0.3) is 0 Å². The summed E-state index contributed by atoms with van der Waals surface area (Å²) in [6.07, 6.45) is 11.3. The summed E-state index contributed by atoms with van der Waals surface area (Å²) >= 11 is 0. The van der Waals surface area contributed by atoms with E-state index in [9.17, 15) is 9.90 Å². The van der Waals surface area contributed by atoms with Gasteiger partial charge in [0, 0.05) is 12.1 Å². The second-order valence-corrected chi connectivity index (χ2v) is 5.82. The molecule has 0 radical (unpaired) electrons. The quantitative estimate of drug-likeness (QED) is 0.665. The zero-order valence-corrected chi connectivity index (χ0v) is 10.4. The molecule has 0 aromatic carbocycles. The Morgan fingerprint density at radius 3 is 2.56 bits per heavy atom. The Bertz CT molecular complexity index is 406. The lowest BCUT2D eigenvalue weighted by Crippen LogP contribution is -2.54. The Morgan fingerprint density at radius 1 is 1.28 bits per heavy atom. The van der Waals surface area contributed by atoms with Gasteiger partial charge >= 0.3 is 0 Å². The number of primary amides is 1. The molecule has 0 aromatic rings. The van der Waals surface area contributed by atoms with Gasteiger partial charge in [-0.1, -0.05) is 24.3 Å². The van der Waals surface area contributed by atoms with Gasteiger partial charge in [0.15, 0.2) is 0 Å². The van der Waals surface area contributed by atoms with Crippen molar-refractivity contribution in [2.75, 3.05) is 0 Å². The van der Waals surface area contributed by atoms with Crippen molar-refractivity contribution in [3.8, 4) is 0 Å². The fourth-order valence-corrected chi connectivity index (χ4v) is 3.79. The maximum Gasteiger partial charge on any atom is 0.227 e. The number of carbonyl (C=O) groups is 1. The van der Waals surface area contributed by atoms with Gasteiger partial charge in [-0.3, -0.25) is 4.79 Å². The van der Waals surface area contributed by atoms with Gasteiger partial charge < -0.3 is 16.2 Å². The van der Waals surface area contributed by atoms with Crippen molar-refractivity contribution >= 4 is 5.91 Å². The third-order valence-corrected chi connectivity index (χ3v) is 4.71. The number of piperidine rings is 1. The molecule has 1 amide bonds. The summed E-state index contributed by atoms with van der Waals surface area (Å²) in [5, 5.41) is 14.5. The van der Waals surface area contributed by atoms with Gasteiger partial charge in [-0.05, 0) is 31.6 Å². The topological polar surface area (TPSA) is 75.4 Å². The molecule has 2 saturated heterocycles. The molecule has 2 aliphatic heterocycles. The zero-order valence-electron chi connectivity index (χ0n) is 10.4. The Hall–Kier alpha value is -1.13. The normalized spacial score (nSPS) is 46.3. The average Bonchev–Trinajstić information content (AvgIpc) is 2.68. The number of nitrogens with one attached hydrogen (secondary N) is 1. The minimum atomic E-state index is -1.09. The number of allylic oxidation sites excluding steroid dienone is 2. The van der Waals surface area contributed by atoms with Crippen molar-refractivity contribution < 1.29 is 9.90 Å². The van der Waals surface area contributed by atoms with E-state index in [0.717, 1.165) is 12.8 Å². The summed E-state index contributed by atoms with van der Waals surface area (Å²) in [4.78, 5) is 11.6. The lowest BCUT2D eigenvalue weighted by molar-refractivity contribution is -0.129. The van der Waals surface area contributed by atoms with Gasteiger partial charge in [0.2, 0.25) is 5.91 Å². The molecule has 4 heteroatoms. The fraction of sp³-hybridized carbons (Fsp3) is 0.643. The molecule has 0 aromatic heterocycles. The van der Waals surface area contributed by atoms with E-state index in [1.807, 2.05) is 6.08 Å². The molecular weight excluding hydrogens is 228 g/mol. The van der Waals surface area contributed by atoms with Crippen LogP contribution in [0.4, 0.5) is 0 Å². The number of nitrogens with two attached hydrogens (primary N) is 1. The highest BCUT2D eigenvalue weighted by Gasteiger charge is 2.48. The lowest BCUT2D eigenvalue weighted by Gasteiger charge is -2.43. The van der Waals surface area contributed by atoms with Crippen LogP contribution in [0.5, 0.6) is 0 Å². The molecule has 98 valence electrons. The van der Waals surface area contributed by atoms with Crippen LogP contribution in [0, 0.1) is 11.8 Å². The Balaban J connectivity index is 1.86. The number of rotatable bonds is 2. The molecule has 2 fully saturated rings. The van der Waals surface area contributed by atoms with Crippen molar-refractivity contribution in [1.82, 2.24) is 5.32 Å². The Kier molecular flexibility index (Phi) is 2.79. The summed E-state index contributed by atoms with van der Waals surface area (Å²) in [5.41, 5.74) is 4.34. The maximum absolute atomic E-state index is 11.6. The monoisotopic (exact) mass is 248 g/mol. The number of aliphatic hydroxyl groups is 1. The van der Waals surface area contributed by atoms with Crippen LogP contribution in [0.3, 0.4) is 0 Å². The molecule has 0 saturated carbocycles. The van der Waals surface area contributed by atoms with Crippen LogP contribution >= 0.6 is 0 Å². The van der Waals surface area contributed by atoms with Crippen LogP contribution < -0.4 is 11.1 Å². The van der Waals surface area contributed by atoms with Crippen molar-refractivity contribution in [3.05, 3.63) is 24.3 Å². The van der Waals surface area contributed by atoms with Crippen molar-refractivity contribution in [3.63, 3.8) is 0 Å². The summed E-state index contributed by atoms with van der Waals surface area (Å²) < 4.78 is 0. The van der Waals surface area contributed by atoms with Gasteiger partial charge in [-0.15, -0.1) is 0 Å². The van der Waals surface area contributed by atoms with Crippen LogP contribution in [0.15, 0.2) is 24.3 Å². The summed E-state index contributed by atoms with van der Waals surface area (Å²) in [6.45, 7) is 0. The standard InChI is InChI=1S/C14H20N2O2/c15-13(17)12-3-1-2-6-14(12,18)9-7-10-4-5-11(8-9)16-10/h1-3,6,9-12,16,18H,4-5,7-8H2,(H2,15,17). The highest BCUT2D eigenvalue weighted by atomic mass is 16.3. The van der Waals surface area contributed by atoms with Gasteiger partial charge in [0.1, 0.15) is 5.60 Å². The van der Waals surface area contributed by atoms with E-state index >= 15 is 0 Å². The Morgan fingerprint density at radius 2 is 1.94 bits per heavy atom. The Labute approximate surface area is 107 Å². The molecule has 0 spiro atoms. The smallest absolute Gasteiger partial charge is 0.227 e. The third kappa shape index (κ3) is 1.80. The summed E-state index contributed by atoms with van der Waals surface area (Å²) in [5.74, 6) is -0.913. The van der Waals surface area contributed by atoms with Crippen molar-refractivity contribution in [2.45, 2.75) is 43.4 Å². The maximum atomic E-state index is 11.6. The number of carbonyl (C=O) groups excluding carboxylic acids is 1. The van der Waals surface area contributed by atoms with E-state index in [1.54, 1.807) is 18.2 Å². The lowest BCUT2D eigenvalue weighted by atomic mass is 9.69. The van der Waals surface area contributed by atoms with Gasteiger partial charge in [-0.25, -0.2) is 0 Å². The molecule has 3 aliphatic rings. The van der Waals surface area contributed by atoms with Gasteiger partial charge in [-0.2, -0.15) is 0 Å². The predicted octanol–water partition coefficient (Wildman–Crippen LogP) is 0.476. The average molecular weight is 248 g/mol. The van der Waals surface area contributed by atoms with E-state index in [1.165, 1.54) is 12.8 Å². The second-order valence-electron chi connectivity index (χ2n) is 5.82. The first kappa shape index (κ1) is 11.9. The number of amides is 1. The van der Waals surface area contributed by atoms with Crippen LogP contribution in [0.2, 0.25) is 0 Å². The second kappa shape index (κ2) is 4.21. The molecule has 4 unspecified atom stereocenters. The van der Waals surface area contributed by atoms with Crippen LogP contribution in [0.1, 0.15) is 25.7 Å². The van der Waals surface area contributed by atoms with Gasteiger partial charge in [0.25, 0.3) is 0 Å². The highest BCUT2D eigenvalue weighted by molar-refractivity contribution is 5.81. The van der Waals surface area contributed by atoms with E-state index in [2.05, 4.69) is 5.32 Å². The molecule has 4 N–H and O–H groups in total. The first-order valence-electron chi connectivity index (χ1n) is 6.73. The molecule has 4 atom stereocenters. The molecule has 4 nitrogen and oxygen atoms in total. The molecule has 18 heavy (non-hydrogen) atoms. The molecule has 1 aliphatic carbocycles. The van der Waals surface area contributed by atoms with Crippen molar-refractivity contribution in [2.24, 2.45) is 17.6 Å². The molecule has 2 heterocycles. The largest absolute Gasteiger partial charge is 0.384 e. The van der Waals surface area contributed by atoms with E-state index in [4.69, 9.17) is 5.73 Å². The molecule has 2 bridgehead atoms. The predicted molar refractivity (Wildman–Crippen MR) is 68.6 cm³/mol. The SMILES string of the molecule is NC(=O)C1C=CC=CC1(O)C1CC2CCC(C1)N2. The van der Waals surface area contributed by atoms with Crippen LogP contribution in [-0.2, 0) is 4.79 Å². The molecular formula is C14H20N2O2. The first-order chi connectivity index (χ1) is 8.59. The van der Waals surface area contributed by atoms with Crippen LogP contribution in [-0.4, -0.2) is 28.7 Å². The first-order valence-corrected chi connectivity index (χ1v) is 6.73. The number of hydrogen-bond donors (Lipinski definition) is 3. The zero-order chi connectivity index (χ0) is 12.8. The number of fused-ring (bicyclic) bond motifs is 2. The fourth-order valence-electron chi connectivity index (χ4n) is 3.79. The minimum absolute atomic E-state index is 0.120. The van der Waals surface area contributed by atoms with E-state index in [0.29, 0.717) is 12.1 Å². The highest BCUT2D eigenvalue weighted by Crippen LogP contribution is 2.42. The number of hydrogen-bond acceptors (Lipinski definition) is 3. The molecule has 3 rings (SSSR count). The summed E-state index contributed by atoms with van der Waals surface area (Å²) in [6, 6.07) is 0.983. The van der Waals surface area contributed by atoms with Gasteiger partial charge in [0.05, 0.1) is 5.92 Å². The van der Waals surface area contributed by atoms with E-state index in [-0.39, 0.29) is 5.92 Å². The summed E-state index contributed by atoms with van der Waals surface area (Å²) in [7, 11) is 0. The van der Waals surface area contributed by atoms with E-state index < -0.39 is 17.4 Å². The third-order valence-electron chi connectivity index (χ3n) is 4.71.